The zero-order valence-electron chi connectivity index (χ0n) is 9.55. The predicted octanol–water partition coefficient (Wildman–Crippen LogP) is 0.822. The second-order valence-electron chi connectivity index (χ2n) is 4.60. The van der Waals surface area contributed by atoms with Crippen molar-refractivity contribution in [1.29, 1.82) is 0 Å². The van der Waals surface area contributed by atoms with Crippen molar-refractivity contribution < 1.29 is 24.4 Å². The summed E-state index contributed by atoms with van der Waals surface area (Å²) in [7, 11) is 0. The third kappa shape index (κ3) is 1.11. The second kappa shape index (κ2) is 3.47. The van der Waals surface area contributed by atoms with Crippen LogP contribution in [0.25, 0.3) is 0 Å². The third-order valence-corrected chi connectivity index (χ3v) is 3.80. The molecule has 3 aliphatic heterocycles. The molecule has 0 unspecified atom stereocenters. The molecular formula is C13H12O5. The zero-order chi connectivity index (χ0) is 12.3. The van der Waals surface area contributed by atoms with Crippen LogP contribution in [0.4, 0.5) is 0 Å². The van der Waals surface area contributed by atoms with Gasteiger partial charge >= 0.3 is 0 Å². The topological polar surface area (TPSA) is 68.2 Å². The highest BCUT2D eigenvalue weighted by atomic mass is 16.7. The van der Waals surface area contributed by atoms with Crippen LogP contribution in [-0.2, 0) is 4.74 Å². The predicted molar refractivity (Wildman–Crippen MR) is 60.3 cm³/mol. The summed E-state index contributed by atoms with van der Waals surface area (Å²) in [6.45, 7) is 0.0530. The van der Waals surface area contributed by atoms with Crippen LogP contribution in [0.1, 0.15) is 23.3 Å². The summed E-state index contributed by atoms with van der Waals surface area (Å²) < 4.78 is 16.5. The lowest BCUT2D eigenvalue weighted by Crippen LogP contribution is -2.10. The van der Waals surface area contributed by atoms with Crippen molar-refractivity contribution in [2.75, 3.05) is 20.0 Å². The number of hydrogen-bond donors (Lipinski definition) is 2. The second-order valence-corrected chi connectivity index (χ2v) is 4.60. The van der Waals surface area contributed by atoms with Gasteiger partial charge in [0, 0.05) is 0 Å². The fourth-order valence-corrected chi connectivity index (χ4v) is 2.96. The van der Waals surface area contributed by atoms with E-state index < -0.39 is 0 Å². The van der Waals surface area contributed by atoms with Crippen LogP contribution in [0.3, 0.4) is 0 Å². The van der Waals surface area contributed by atoms with Gasteiger partial charge in [0.15, 0.2) is 11.5 Å². The Balaban J connectivity index is 1.87. The molecular weight excluding hydrogens is 236 g/mol. The fraction of sp³-hybridized carbons (Fsp3) is 0.385. The molecule has 1 aromatic carbocycles. The lowest BCUT2D eigenvalue weighted by atomic mass is 9.86. The Bertz CT molecular complexity index is 516. The van der Waals surface area contributed by atoms with Gasteiger partial charge in [0.25, 0.3) is 0 Å². The van der Waals surface area contributed by atoms with E-state index in [1.54, 1.807) is 0 Å². The van der Waals surface area contributed by atoms with Gasteiger partial charge in [0.2, 0.25) is 6.79 Å². The summed E-state index contributed by atoms with van der Waals surface area (Å²) in [6, 6.07) is 3.82. The lowest BCUT2D eigenvalue weighted by molar-refractivity contribution is 0.0708. The molecule has 0 aromatic heterocycles. The monoisotopic (exact) mass is 248 g/mol. The molecule has 3 aliphatic rings. The molecule has 5 nitrogen and oxygen atoms in total. The van der Waals surface area contributed by atoms with E-state index in [0.29, 0.717) is 11.5 Å². The molecule has 2 bridgehead atoms. The SMILES string of the molecule is OCC1=C(CO)[C@@H]2O[C@H]1c1cc3c(cc12)OCO3. The van der Waals surface area contributed by atoms with Crippen LogP contribution in [0.2, 0.25) is 0 Å². The van der Waals surface area contributed by atoms with Gasteiger partial charge in [-0.05, 0) is 34.4 Å². The molecule has 0 aliphatic carbocycles. The van der Waals surface area contributed by atoms with Crippen molar-refractivity contribution >= 4 is 0 Å². The Labute approximate surface area is 103 Å². The first kappa shape index (κ1) is 10.4. The molecule has 2 atom stereocenters. The molecule has 0 amide bonds. The summed E-state index contributed by atoms with van der Waals surface area (Å²) >= 11 is 0. The van der Waals surface area contributed by atoms with Crippen LogP contribution in [0.5, 0.6) is 11.5 Å². The highest BCUT2D eigenvalue weighted by Crippen LogP contribution is 2.56. The summed E-state index contributed by atoms with van der Waals surface area (Å²) in [5.74, 6) is 1.43. The van der Waals surface area contributed by atoms with Gasteiger partial charge in [-0.25, -0.2) is 0 Å². The van der Waals surface area contributed by atoms with Crippen molar-refractivity contribution in [3.05, 3.63) is 34.4 Å². The van der Waals surface area contributed by atoms with Gasteiger partial charge in [0.05, 0.1) is 13.2 Å². The Morgan fingerprint density at radius 1 is 0.944 bits per heavy atom. The maximum atomic E-state index is 9.40. The van der Waals surface area contributed by atoms with Crippen molar-refractivity contribution in [2.24, 2.45) is 0 Å². The van der Waals surface area contributed by atoms with E-state index in [2.05, 4.69) is 0 Å². The van der Waals surface area contributed by atoms with Gasteiger partial charge in [-0.2, -0.15) is 0 Å². The van der Waals surface area contributed by atoms with Crippen LogP contribution < -0.4 is 9.47 Å². The van der Waals surface area contributed by atoms with E-state index in [9.17, 15) is 10.2 Å². The fourth-order valence-electron chi connectivity index (χ4n) is 2.96. The molecule has 0 spiro atoms. The molecule has 5 heteroatoms. The summed E-state index contributed by atoms with van der Waals surface area (Å²) in [5.41, 5.74) is 3.55. The first-order valence-electron chi connectivity index (χ1n) is 5.86. The van der Waals surface area contributed by atoms with Crippen LogP contribution in [0.15, 0.2) is 23.3 Å². The Morgan fingerprint density at radius 3 is 1.89 bits per heavy atom. The van der Waals surface area contributed by atoms with E-state index >= 15 is 0 Å². The summed E-state index contributed by atoms with van der Waals surface area (Å²) in [5, 5.41) is 18.8. The molecule has 0 fully saturated rings. The van der Waals surface area contributed by atoms with Crippen molar-refractivity contribution in [3.63, 3.8) is 0 Å². The van der Waals surface area contributed by atoms with E-state index in [1.165, 1.54) is 0 Å². The highest BCUT2D eigenvalue weighted by molar-refractivity contribution is 5.58. The number of ether oxygens (including phenoxy) is 3. The highest BCUT2D eigenvalue weighted by Gasteiger charge is 2.45. The molecule has 94 valence electrons. The minimum Gasteiger partial charge on any atom is -0.454 e. The molecule has 1 aromatic rings. The standard InChI is InChI=1S/C13H12O5/c14-3-8-9(4-15)13-7-2-11-10(16-5-17-11)1-6(7)12(8)18-13/h1-2,12-15H,3-5H2/t12-,13+. The molecule has 18 heavy (non-hydrogen) atoms. The molecule has 0 saturated heterocycles. The van der Waals surface area contributed by atoms with E-state index in [4.69, 9.17) is 14.2 Å². The average molecular weight is 248 g/mol. The number of rotatable bonds is 2. The van der Waals surface area contributed by atoms with Gasteiger partial charge in [-0.1, -0.05) is 0 Å². The molecule has 4 rings (SSSR count). The van der Waals surface area contributed by atoms with E-state index in [-0.39, 0.29) is 32.2 Å². The van der Waals surface area contributed by atoms with Crippen molar-refractivity contribution in [2.45, 2.75) is 12.2 Å². The van der Waals surface area contributed by atoms with Gasteiger partial charge in [-0.15, -0.1) is 0 Å². The van der Waals surface area contributed by atoms with Crippen LogP contribution in [-0.4, -0.2) is 30.2 Å². The maximum absolute atomic E-state index is 9.40. The number of fused-ring (bicyclic) bond motifs is 6. The number of hydrogen-bond acceptors (Lipinski definition) is 5. The quantitative estimate of drug-likeness (QED) is 0.758. The molecule has 0 saturated carbocycles. The van der Waals surface area contributed by atoms with Crippen molar-refractivity contribution in [3.8, 4) is 11.5 Å². The molecule has 0 radical (unpaired) electrons. The Kier molecular flexibility index (Phi) is 2.00. The normalized spacial score (nSPS) is 27.0. The number of benzene rings is 1. The Hall–Kier alpha value is -1.56. The molecule has 2 N–H and O–H groups in total. The smallest absolute Gasteiger partial charge is 0.231 e. The largest absolute Gasteiger partial charge is 0.454 e. The third-order valence-electron chi connectivity index (χ3n) is 3.80. The zero-order valence-corrected chi connectivity index (χ0v) is 9.55. The average Bonchev–Trinajstić information content (AvgIpc) is 3.07. The van der Waals surface area contributed by atoms with Gasteiger partial charge < -0.3 is 24.4 Å². The minimum absolute atomic E-state index is 0.0923. The maximum Gasteiger partial charge on any atom is 0.231 e. The molecule has 3 heterocycles. The van der Waals surface area contributed by atoms with Crippen LogP contribution in [0, 0.1) is 0 Å². The van der Waals surface area contributed by atoms with E-state index in [1.807, 2.05) is 12.1 Å². The van der Waals surface area contributed by atoms with Crippen molar-refractivity contribution in [1.82, 2.24) is 0 Å². The first-order valence-corrected chi connectivity index (χ1v) is 5.86. The van der Waals surface area contributed by atoms with E-state index in [0.717, 1.165) is 22.3 Å². The van der Waals surface area contributed by atoms with Gasteiger partial charge in [0.1, 0.15) is 12.2 Å². The number of aliphatic hydroxyl groups excluding tert-OH is 2. The minimum atomic E-state index is -0.258. The Morgan fingerprint density at radius 2 is 1.44 bits per heavy atom. The summed E-state index contributed by atoms with van der Waals surface area (Å²) in [6.07, 6.45) is -0.515. The van der Waals surface area contributed by atoms with Gasteiger partial charge in [-0.3, -0.25) is 0 Å². The summed E-state index contributed by atoms with van der Waals surface area (Å²) in [4.78, 5) is 0. The first-order chi connectivity index (χ1) is 8.83. The lowest BCUT2D eigenvalue weighted by Gasteiger charge is -2.17. The van der Waals surface area contributed by atoms with Crippen LogP contribution >= 0.6 is 0 Å². The number of aliphatic hydroxyl groups is 2.